The Balaban J connectivity index is 0. The molecule has 60 valence electrons. The molecule has 0 spiro atoms. The molecule has 2 N–H and O–H groups in total. The summed E-state index contributed by atoms with van der Waals surface area (Å²) >= 11 is 0. The summed E-state index contributed by atoms with van der Waals surface area (Å²) in [5.41, 5.74) is 4.50. The zero-order valence-electron chi connectivity index (χ0n) is 6.81. The molecule has 3 nitrogen and oxygen atoms in total. The van der Waals surface area contributed by atoms with Crippen molar-refractivity contribution in [3.8, 4) is 0 Å². The second-order valence-corrected chi connectivity index (χ2v) is 1.90. The van der Waals surface area contributed by atoms with Gasteiger partial charge in [0.25, 0.3) is 0 Å². The molecule has 0 rings (SSSR count). The van der Waals surface area contributed by atoms with E-state index in [1.807, 2.05) is 0 Å². The van der Waals surface area contributed by atoms with E-state index in [9.17, 15) is 9.59 Å². The van der Waals surface area contributed by atoms with Gasteiger partial charge >= 0.3 is 0 Å². The van der Waals surface area contributed by atoms with Crippen LogP contribution in [0.25, 0.3) is 0 Å². The second-order valence-electron chi connectivity index (χ2n) is 1.90. The summed E-state index contributed by atoms with van der Waals surface area (Å²) in [6, 6.07) is 0. The van der Waals surface area contributed by atoms with E-state index in [-0.39, 0.29) is 11.6 Å². The number of rotatable bonds is 3. The summed E-state index contributed by atoms with van der Waals surface area (Å²) in [5, 5.41) is 0. The average Bonchev–Trinajstić information content (AvgIpc) is 1.89. The first-order valence-electron chi connectivity index (χ1n) is 3.19. The summed E-state index contributed by atoms with van der Waals surface area (Å²) in [5.74, 6) is 0.167. The molecule has 0 heterocycles. The molecule has 0 aliphatic heterocycles. The third kappa shape index (κ3) is 15.7. The van der Waals surface area contributed by atoms with E-state index in [1.165, 1.54) is 20.9 Å². The fourth-order valence-electron chi connectivity index (χ4n) is 0.352. The van der Waals surface area contributed by atoms with Crippen LogP contribution in [0.15, 0.2) is 0 Å². The Hall–Kier alpha value is -0.700. The fraction of sp³-hybridized carbons (Fsp3) is 0.714. The highest BCUT2D eigenvalue weighted by Crippen LogP contribution is 1.89. The van der Waals surface area contributed by atoms with Crippen molar-refractivity contribution in [2.24, 2.45) is 5.73 Å². The highest BCUT2D eigenvalue weighted by atomic mass is 16.1. The summed E-state index contributed by atoms with van der Waals surface area (Å²) in [6.45, 7) is 2.98. The van der Waals surface area contributed by atoms with Gasteiger partial charge < -0.3 is 15.3 Å². The smallest absolute Gasteiger partial charge is 0.130 e. The number of hydrogen-bond donors (Lipinski definition) is 1. The standard InChI is InChI=1S/C6H10O2.CH5N/c1-5(7)3-4-6(2)8;1-2/h3-4H2,1-2H3;2H2,1H3. The lowest BCUT2D eigenvalue weighted by Crippen LogP contribution is -1.95. The molecular formula is C7H15NO2. The quantitative estimate of drug-likeness (QED) is 0.629. The second kappa shape index (κ2) is 8.30. The average molecular weight is 145 g/mol. The van der Waals surface area contributed by atoms with Crippen LogP contribution in [0.2, 0.25) is 0 Å². The molecule has 0 aromatic carbocycles. The molecular weight excluding hydrogens is 130 g/mol. The minimum absolute atomic E-state index is 0.0835. The van der Waals surface area contributed by atoms with E-state index in [1.54, 1.807) is 0 Å². The molecule has 0 radical (unpaired) electrons. The number of ketones is 2. The van der Waals surface area contributed by atoms with Gasteiger partial charge in [0.05, 0.1) is 0 Å². The summed E-state index contributed by atoms with van der Waals surface area (Å²) in [6.07, 6.45) is 0.796. The Kier molecular flexibility index (Phi) is 9.98. The van der Waals surface area contributed by atoms with Crippen molar-refractivity contribution in [2.75, 3.05) is 7.05 Å². The van der Waals surface area contributed by atoms with Gasteiger partial charge in [-0.15, -0.1) is 0 Å². The lowest BCUT2D eigenvalue weighted by Gasteiger charge is -1.86. The molecule has 0 aromatic heterocycles. The monoisotopic (exact) mass is 145 g/mol. The van der Waals surface area contributed by atoms with Crippen molar-refractivity contribution < 1.29 is 9.59 Å². The molecule has 0 fully saturated rings. The number of Topliss-reactive ketones (excluding diaryl/α,β-unsaturated/α-hetero) is 2. The Morgan fingerprint density at radius 3 is 1.30 bits per heavy atom. The largest absolute Gasteiger partial charge is 0.333 e. The molecule has 0 aromatic rings. The van der Waals surface area contributed by atoms with Crippen molar-refractivity contribution in [3.63, 3.8) is 0 Å². The van der Waals surface area contributed by atoms with E-state index < -0.39 is 0 Å². The number of hydrogen-bond acceptors (Lipinski definition) is 3. The zero-order chi connectivity index (χ0) is 8.57. The van der Waals surface area contributed by atoms with Gasteiger partial charge in [0.1, 0.15) is 11.6 Å². The first-order chi connectivity index (χ1) is 4.63. The highest BCUT2D eigenvalue weighted by Gasteiger charge is 1.95. The van der Waals surface area contributed by atoms with Gasteiger partial charge in [0, 0.05) is 12.8 Å². The third-order valence-electron chi connectivity index (χ3n) is 0.829. The lowest BCUT2D eigenvalue weighted by atomic mass is 10.2. The molecule has 0 saturated heterocycles. The van der Waals surface area contributed by atoms with E-state index in [4.69, 9.17) is 0 Å². The zero-order valence-corrected chi connectivity index (χ0v) is 6.81. The molecule has 10 heavy (non-hydrogen) atoms. The normalized spacial score (nSPS) is 7.60. The molecule has 0 amide bonds. The SMILES string of the molecule is CC(=O)CCC(C)=O.CN. The fourth-order valence-corrected chi connectivity index (χ4v) is 0.352. The van der Waals surface area contributed by atoms with Crippen LogP contribution in [0.4, 0.5) is 0 Å². The Labute approximate surface area is 61.6 Å². The maximum Gasteiger partial charge on any atom is 0.130 e. The Morgan fingerprint density at radius 2 is 1.20 bits per heavy atom. The topological polar surface area (TPSA) is 60.2 Å². The molecule has 0 unspecified atom stereocenters. The minimum atomic E-state index is 0.0835. The van der Waals surface area contributed by atoms with Crippen LogP contribution in [0.3, 0.4) is 0 Å². The minimum Gasteiger partial charge on any atom is -0.333 e. The molecule has 0 aliphatic rings. The van der Waals surface area contributed by atoms with Crippen LogP contribution < -0.4 is 5.73 Å². The van der Waals surface area contributed by atoms with Gasteiger partial charge in [-0.1, -0.05) is 0 Å². The van der Waals surface area contributed by atoms with Crippen molar-refractivity contribution in [3.05, 3.63) is 0 Å². The van der Waals surface area contributed by atoms with E-state index in [0.717, 1.165) is 0 Å². The molecule has 3 heteroatoms. The van der Waals surface area contributed by atoms with E-state index in [0.29, 0.717) is 12.8 Å². The molecule has 0 bridgehead atoms. The van der Waals surface area contributed by atoms with Gasteiger partial charge in [0.15, 0.2) is 0 Å². The molecule has 0 atom stereocenters. The number of nitrogens with two attached hydrogens (primary N) is 1. The maximum absolute atomic E-state index is 10.2. The van der Waals surface area contributed by atoms with Crippen LogP contribution in [0.5, 0.6) is 0 Å². The predicted octanol–water partition coefficient (Wildman–Crippen LogP) is 0.520. The lowest BCUT2D eigenvalue weighted by molar-refractivity contribution is -0.122. The summed E-state index contributed by atoms with van der Waals surface area (Å²) in [7, 11) is 1.50. The van der Waals surface area contributed by atoms with Crippen molar-refractivity contribution in [1.82, 2.24) is 0 Å². The van der Waals surface area contributed by atoms with Crippen LogP contribution in [0, 0.1) is 0 Å². The highest BCUT2D eigenvalue weighted by molar-refractivity contribution is 5.83. The number of carbonyl (C=O) groups is 2. The summed E-state index contributed by atoms with van der Waals surface area (Å²) in [4.78, 5) is 20.4. The predicted molar refractivity (Wildman–Crippen MR) is 40.7 cm³/mol. The van der Waals surface area contributed by atoms with E-state index in [2.05, 4.69) is 5.73 Å². The van der Waals surface area contributed by atoms with E-state index >= 15 is 0 Å². The molecule has 0 saturated carbocycles. The van der Waals surface area contributed by atoms with Gasteiger partial charge in [0.2, 0.25) is 0 Å². The first kappa shape index (κ1) is 12.0. The van der Waals surface area contributed by atoms with Crippen LogP contribution >= 0.6 is 0 Å². The van der Waals surface area contributed by atoms with Crippen LogP contribution in [-0.4, -0.2) is 18.6 Å². The van der Waals surface area contributed by atoms with Gasteiger partial charge in [-0.2, -0.15) is 0 Å². The van der Waals surface area contributed by atoms with Crippen molar-refractivity contribution in [2.45, 2.75) is 26.7 Å². The number of carbonyl (C=O) groups excluding carboxylic acids is 2. The summed E-state index contributed by atoms with van der Waals surface area (Å²) < 4.78 is 0. The van der Waals surface area contributed by atoms with Gasteiger partial charge in [-0.25, -0.2) is 0 Å². The van der Waals surface area contributed by atoms with Crippen LogP contribution in [0.1, 0.15) is 26.7 Å². The first-order valence-corrected chi connectivity index (χ1v) is 3.19. The van der Waals surface area contributed by atoms with Gasteiger partial charge in [-0.05, 0) is 20.9 Å². The Bertz CT molecular complexity index is 96.2. The molecule has 0 aliphatic carbocycles. The van der Waals surface area contributed by atoms with Crippen molar-refractivity contribution >= 4 is 11.6 Å². The van der Waals surface area contributed by atoms with Crippen molar-refractivity contribution in [1.29, 1.82) is 0 Å². The Morgan fingerprint density at radius 1 is 1.00 bits per heavy atom. The van der Waals surface area contributed by atoms with Gasteiger partial charge in [-0.3, -0.25) is 0 Å². The third-order valence-corrected chi connectivity index (χ3v) is 0.829. The maximum atomic E-state index is 10.2. The van der Waals surface area contributed by atoms with Crippen LogP contribution in [-0.2, 0) is 9.59 Å².